The van der Waals surface area contributed by atoms with Gasteiger partial charge in [0, 0.05) is 19.3 Å². The lowest BCUT2D eigenvalue weighted by atomic mass is 10.2. The third-order valence-corrected chi connectivity index (χ3v) is 3.09. The first kappa shape index (κ1) is 13.0. The van der Waals surface area contributed by atoms with Crippen LogP contribution < -0.4 is 21.1 Å². The first-order chi connectivity index (χ1) is 10.0. The van der Waals surface area contributed by atoms with Crippen LogP contribution in [0.2, 0.25) is 0 Å². The molecule has 1 aliphatic rings. The molecular weight excluding hydrogens is 274 g/mol. The van der Waals surface area contributed by atoms with Crippen LogP contribution in [0, 0.1) is 0 Å². The van der Waals surface area contributed by atoms with Crippen LogP contribution in [0.4, 0.5) is 17.1 Å². The van der Waals surface area contributed by atoms with E-state index in [1.807, 2.05) is 0 Å². The highest BCUT2D eigenvalue weighted by atomic mass is 16.5. The van der Waals surface area contributed by atoms with E-state index in [4.69, 9.17) is 10.5 Å². The van der Waals surface area contributed by atoms with Crippen molar-refractivity contribution in [3.05, 3.63) is 30.1 Å². The molecule has 0 saturated carbocycles. The van der Waals surface area contributed by atoms with Crippen LogP contribution in [-0.4, -0.2) is 28.2 Å². The fraction of sp³-hybridized carbons (Fsp3) is 0.154. The molecule has 0 bridgehead atoms. The van der Waals surface area contributed by atoms with Crippen molar-refractivity contribution in [1.29, 1.82) is 0 Å². The Labute approximate surface area is 119 Å². The fourth-order valence-corrected chi connectivity index (χ4v) is 2.03. The van der Waals surface area contributed by atoms with Crippen molar-refractivity contribution >= 4 is 28.9 Å². The quantitative estimate of drug-likeness (QED) is 0.700. The first-order valence-electron chi connectivity index (χ1n) is 6.20. The van der Waals surface area contributed by atoms with Gasteiger partial charge in [-0.05, 0) is 12.1 Å². The second-order valence-corrected chi connectivity index (χ2v) is 4.57. The maximum atomic E-state index is 12.1. The van der Waals surface area contributed by atoms with Gasteiger partial charge in [-0.2, -0.15) is 5.10 Å². The monoisotopic (exact) mass is 287 g/mol. The van der Waals surface area contributed by atoms with E-state index >= 15 is 0 Å². The van der Waals surface area contributed by atoms with Gasteiger partial charge in [0.1, 0.15) is 11.4 Å². The number of carbonyl (C=O) groups excluding carboxylic acids is 2. The maximum absolute atomic E-state index is 12.1. The molecule has 0 radical (unpaired) electrons. The predicted molar refractivity (Wildman–Crippen MR) is 76.1 cm³/mol. The number of fused-ring (bicyclic) bond motifs is 1. The minimum atomic E-state index is -0.343. The van der Waals surface area contributed by atoms with Gasteiger partial charge in [-0.15, -0.1) is 0 Å². The third-order valence-electron chi connectivity index (χ3n) is 3.09. The summed E-state index contributed by atoms with van der Waals surface area (Å²) in [5.74, 6) is -0.119. The van der Waals surface area contributed by atoms with Gasteiger partial charge in [-0.3, -0.25) is 14.3 Å². The van der Waals surface area contributed by atoms with Gasteiger partial charge in [0.25, 0.3) is 11.8 Å². The zero-order valence-electron chi connectivity index (χ0n) is 11.2. The number of aromatic nitrogens is 2. The largest absolute Gasteiger partial charge is 0.482 e. The molecule has 2 aromatic rings. The topological polar surface area (TPSA) is 111 Å². The Morgan fingerprint density at radius 1 is 1.52 bits per heavy atom. The molecule has 0 fully saturated rings. The highest BCUT2D eigenvalue weighted by Crippen LogP contribution is 2.35. The summed E-state index contributed by atoms with van der Waals surface area (Å²) >= 11 is 0. The van der Waals surface area contributed by atoms with E-state index in [0.29, 0.717) is 28.5 Å². The van der Waals surface area contributed by atoms with E-state index < -0.39 is 0 Å². The molecule has 0 atom stereocenters. The van der Waals surface area contributed by atoms with Crippen LogP contribution in [0.3, 0.4) is 0 Å². The standard InChI is InChI=1S/C13H13N5O3/c1-18-10(2-3-15-18)13(20)17-8-5-9-11(4-7(8)14)21-6-12(19)16-9/h2-5H,6,14H2,1H3,(H,16,19)(H,17,20). The first-order valence-corrected chi connectivity index (χ1v) is 6.20. The number of aryl methyl sites for hydroxylation is 1. The molecule has 1 aliphatic heterocycles. The normalized spacial score (nSPS) is 13.1. The number of rotatable bonds is 2. The van der Waals surface area contributed by atoms with Crippen LogP contribution in [0.1, 0.15) is 10.5 Å². The minimum Gasteiger partial charge on any atom is -0.482 e. The van der Waals surface area contributed by atoms with Gasteiger partial charge in [-0.25, -0.2) is 0 Å². The van der Waals surface area contributed by atoms with Crippen molar-refractivity contribution in [3.63, 3.8) is 0 Å². The molecule has 2 heterocycles. The highest BCUT2D eigenvalue weighted by molar-refractivity contribution is 6.06. The van der Waals surface area contributed by atoms with Crippen molar-refractivity contribution in [1.82, 2.24) is 9.78 Å². The number of nitrogens with two attached hydrogens (primary N) is 1. The number of ether oxygens (including phenoxy) is 1. The van der Waals surface area contributed by atoms with Gasteiger partial charge in [0.15, 0.2) is 6.61 Å². The number of benzene rings is 1. The number of carbonyl (C=O) groups is 2. The smallest absolute Gasteiger partial charge is 0.273 e. The number of nitrogens with one attached hydrogen (secondary N) is 2. The summed E-state index contributed by atoms with van der Waals surface area (Å²) in [6.07, 6.45) is 1.53. The highest BCUT2D eigenvalue weighted by Gasteiger charge is 2.19. The molecule has 8 heteroatoms. The molecule has 1 aromatic carbocycles. The Kier molecular flexibility index (Phi) is 2.98. The van der Waals surface area contributed by atoms with E-state index in [2.05, 4.69) is 15.7 Å². The molecule has 2 amide bonds. The number of amides is 2. The van der Waals surface area contributed by atoms with Crippen molar-refractivity contribution < 1.29 is 14.3 Å². The van der Waals surface area contributed by atoms with Crippen LogP contribution in [0.15, 0.2) is 24.4 Å². The molecule has 8 nitrogen and oxygen atoms in total. The Hall–Kier alpha value is -3.03. The van der Waals surface area contributed by atoms with Crippen LogP contribution >= 0.6 is 0 Å². The van der Waals surface area contributed by atoms with E-state index in [0.717, 1.165) is 0 Å². The predicted octanol–water partition coefficient (Wildman–Crippen LogP) is 0.586. The zero-order valence-corrected chi connectivity index (χ0v) is 11.2. The van der Waals surface area contributed by atoms with Gasteiger partial charge < -0.3 is 21.1 Å². The lowest BCUT2D eigenvalue weighted by molar-refractivity contribution is -0.118. The Morgan fingerprint density at radius 3 is 3.05 bits per heavy atom. The van der Waals surface area contributed by atoms with Gasteiger partial charge in [-0.1, -0.05) is 0 Å². The Morgan fingerprint density at radius 2 is 2.33 bits per heavy atom. The minimum absolute atomic E-state index is 0.0484. The summed E-state index contributed by atoms with van der Waals surface area (Å²) < 4.78 is 6.70. The Balaban J connectivity index is 1.89. The lowest BCUT2D eigenvalue weighted by Gasteiger charge is -2.20. The van der Waals surface area contributed by atoms with Crippen molar-refractivity contribution in [2.45, 2.75) is 0 Å². The zero-order chi connectivity index (χ0) is 15.0. The van der Waals surface area contributed by atoms with Gasteiger partial charge >= 0.3 is 0 Å². The molecule has 0 saturated heterocycles. The van der Waals surface area contributed by atoms with Crippen LogP contribution in [0.25, 0.3) is 0 Å². The second-order valence-electron chi connectivity index (χ2n) is 4.57. The van der Waals surface area contributed by atoms with Crippen LogP contribution in [0.5, 0.6) is 5.75 Å². The van der Waals surface area contributed by atoms with Gasteiger partial charge in [0.05, 0.1) is 17.1 Å². The van der Waals surface area contributed by atoms with Crippen LogP contribution in [-0.2, 0) is 11.8 Å². The Bertz CT molecular complexity index is 737. The van der Waals surface area contributed by atoms with Crippen molar-refractivity contribution in [2.75, 3.05) is 23.0 Å². The number of nitrogens with zero attached hydrogens (tertiary/aromatic N) is 2. The summed E-state index contributed by atoms with van der Waals surface area (Å²) in [6, 6.07) is 4.72. The molecule has 0 unspecified atom stereocenters. The third kappa shape index (κ3) is 2.38. The number of hydrogen-bond acceptors (Lipinski definition) is 5. The molecule has 4 N–H and O–H groups in total. The van der Waals surface area contributed by atoms with Crippen molar-refractivity contribution in [2.24, 2.45) is 7.05 Å². The summed E-state index contributed by atoms with van der Waals surface area (Å²) in [7, 11) is 1.67. The SMILES string of the molecule is Cn1nccc1C(=O)Nc1cc2c(cc1N)OCC(=O)N2. The van der Waals surface area contributed by atoms with E-state index in [-0.39, 0.29) is 18.4 Å². The van der Waals surface area contributed by atoms with E-state index in [1.54, 1.807) is 25.2 Å². The average molecular weight is 287 g/mol. The molecule has 108 valence electrons. The fourth-order valence-electron chi connectivity index (χ4n) is 2.03. The summed E-state index contributed by atoms with van der Waals surface area (Å²) in [6.45, 7) is -0.0484. The number of anilines is 3. The van der Waals surface area contributed by atoms with Gasteiger partial charge in [0.2, 0.25) is 0 Å². The molecular formula is C13H13N5O3. The van der Waals surface area contributed by atoms with Crippen molar-refractivity contribution in [3.8, 4) is 5.75 Å². The maximum Gasteiger partial charge on any atom is 0.273 e. The lowest BCUT2D eigenvalue weighted by Crippen LogP contribution is -2.26. The molecule has 21 heavy (non-hydrogen) atoms. The molecule has 0 spiro atoms. The van der Waals surface area contributed by atoms with E-state index in [9.17, 15) is 9.59 Å². The van der Waals surface area contributed by atoms with E-state index in [1.165, 1.54) is 10.9 Å². The summed E-state index contributed by atoms with van der Waals surface area (Å²) in [4.78, 5) is 23.4. The average Bonchev–Trinajstić information content (AvgIpc) is 2.86. The summed E-state index contributed by atoms with van der Waals surface area (Å²) in [5, 5.41) is 9.27. The number of hydrogen-bond donors (Lipinski definition) is 3. The molecule has 3 rings (SSSR count). The second kappa shape index (κ2) is 4.82. The molecule has 0 aliphatic carbocycles. The summed E-state index contributed by atoms with van der Waals surface area (Å²) in [5.41, 5.74) is 7.50. The number of nitrogen functional groups attached to an aromatic ring is 1. The molecule has 1 aromatic heterocycles.